The lowest BCUT2D eigenvalue weighted by atomic mass is 10.1. The smallest absolute Gasteiger partial charge is 0.123 e. The molecule has 0 radical (unpaired) electrons. The van der Waals surface area contributed by atoms with Gasteiger partial charge in [0, 0.05) is 12.6 Å². The molecule has 2 rings (SSSR count). The van der Waals surface area contributed by atoms with E-state index in [2.05, 4.69) is 4.98 Å². The molecule has 1 N–H and O–H groups in total. The predicted molar refractivity (Wildman–Crippen MR) is 54.5 cm³/mol. The van der Waals surface area contributed by atoms with Gasteiger partial charge in [0.25, 0.3) is 0 Å². The fourth-order valence-electron chi connectivity index (χ4n) is 1.49. The van der Waals surface area contributed by atoms with E-state index in [1.165, 1.54) is 12.1 Å². The molecule has 0 fully saturated rings. The third-order valence-electron chi connectivity index (χ3n) is 2.33. The molecule has 0 saturated carbocycles. The minimum absolute atomic E-state index is 0.0801. The standard InChI is InChI=1S/C11H11FN2O/c1-14-7-13-11(10(14)6-15)8-2-4-9(12)5-3-8/h2-5,7,15H,6H2,1H3. The normalized spacial score (nSPS) is 10.6. The molecular weight excluding hydrogens is 195 g/mol. The number of halogens is 1. The molecule has 0 spiro atoms. The first-order chi connectivity index (χ1) is 7.22. The average Bonchev–Trinajstić information content (AvgIpc) is 2.61. The highest BCUT2D eigenvalue weighted by atomic mass is 19.1. The Labute approximate surface area is 86.8 Å². The van der Waals surface area contributed by atoms with Gasteiger partial charge < -0.3 is 9.67 Å². The number of aliphatic hydroxyl groups is 1. The summed E-state index contributed by atoms with van der Waals surface area (Å²) in [4.78, 5) is 4.17. The lowest BCUT2D eigenvalue weighted by molar-refractivity contribution is 0.273. The van der Waals surface area contributed by atoms with Gasteiger partial charge in [-0.15, -0.1) is 0 Å². The number of hydrogen-bond acceptors (Lipinski definition) is 2. The Morgan fingerprint density at radius 3 is 2.60 bits per heavy atom. The maximum absolute atomic E-state index is 12.7. The quantitative estimate of drug-likeness (QED) is 0.812. The summed E-state index contributed by atoms with van der Waals surface area (Å²) < 4.78 is 14.5. The number of imidazole rings is 1. The van der Waals surface area contributed by atoms with Crippen molar-refractivity contribution < 1.29 is 9.50 Å². The van der Waals surface area contributed by atoms with E-state index in [1.54, 1.807) is 23.0 Å². The second-order valence-corrected chi connectivity index (χ2v) is 3.32. The van der Waals surface area contributed by atoms with Crippen LogP contribution >= 0.6 is 0 Å². The molecule has 0 aliphatic carbocycles. The fourth-order valence-corrected chi connectivity index (χ4v) is 1.49. The van der Waals surface area contributed by atoms with Gasteiger partial charge >= 0.3 is 0 Å². The Hall–Kier alpha value is -1.68. The number of aliphatic hydroxyl groups excluding tert-OH is 1. The summed E-state index contributed by atoms with van der Waals surface area (Å²) >= 11 is 0. The highest BCUT2D eigenvalue weighted by Crippen LogP contribution is 2.21. The molecule has 0 saturated heterocycles. The van der Waals surface area contributed by atoms with Gasteiger partial charge in [-0.1, -0.05) is 0 Å². The zero-order valence-electron chi connectivity index (χ0n) is 8.31. The summed E-state index contributed by atoms with van der Waals surface area (Å²) in [6.07, 6.45) is 1.63. The van der Waals surface area contributed by atoms with Gasteiger partial charge in [-0.2, -0.15) is 0 Å². The summed E-state index contributed by atoms with van der Waals surface area (Å²) in [5, 5.41) is 9.17. The van der Waals surface area contributed by atoms with Crippen LogP contribution in [-0.4, -0.2) is 14.7 Å². The molecule has 3 nitrogen and oxygen atoms in total. The van der Waals surface area contributed by atoms with E-state index >= 15 is 0 Å². The second kappa shape index (κ2) is 3.82. The molecule has 0 unspecified atom stereocenters. The summed E-state index contributed by atoms with van der Waals surface area (Å²) in [6.45, 7) is -0.0801. The van der Waals surface area contributed by atoms with E-state index in [0.29, 0.717) is 5.69 Å². The average molecular weight is 206 g/mol. The number of aryl methyl sites for hydroxylation is 1. The third kappa shape index (κ3) is 1.76. The van der Waals surface area contributed by atoms with E-state index in [-0.39, 0.29) is 12.4 Å². The van der Waals surface area contributed by atoms with Crippen LogP contribution in [-0.2, 0) is 13.7 Å². The van der Waals surface area contributed by atoms with Crippen LogP contribution in [0.5, 0.6) is 0 Å². The fraction of sp³-hybridized carbons (Fsp3) is 0.182. The molecule has 4 heteroatoms. The van der Waals surface area contributed by atoms with E-state index in [4.69, 9.17) is 5.11 Å². The molecular formula is C11H11FN2O. The zero-order valence-corrected chi connectivity index (χ0v) is 8.31. The molecule has 1 aromatic carbocycles. The predicted octanol–water partition coefficient (Wildman–Crippen LogP) is 1.72. The highest BCUT2D eigenvalue weighted by Gasteiger charge is 2.09. The van der Waals surface area contributed by atoms with Gasteiger partial charge in [0.05, 0.1) is 24.3 Å². The molecule has 0 amide bonds. The topological polar surface area (TPSA) is 38.0 Å². The van der Waals surface area contributed by atoms with Gasteiger partial charge in [0.15, 0.2) is 0 Å². The minimum atomic E-state index is -0.278. The van der Waals surface area contributed by atoms with Gasteiger partial charge in [-0.3, -0.25) is 0 Å². The summed E-state index contributed by atoms with van der Waals surface area (Å²) in [5.41, 5.74) is 2.22. The first-order valence-corrected chi connectivity index (χ1v) is 4.59. The molecule has 2 aromatic rings. The lowest BCUT2D eigenvalue weighted by Crippen LogP contribution is -1.96. The first kappa shape index (κ1) is 9.86. The van der Waals surface area contributed by atoms with Crippen molar-refractivity contribution in [2.45, 2.75) is 6.61 Å². The summed E-state index contributed by atoms with van der Waals surface area (Å²) in [7, 11) is 1.81. The maximum atomic E-state index is 12.7. The van der Waals surface area contributed by atoms with E-state index in [9.17, 15) is 4.39 Å². The molecule has 1 aromatic heterocycles. The molecule has 15 heavy (non-hydrogen) atoms. The van der Waals surface area contributed by atoms with Crippen molar-refractivity contribution in [3.8, 4) is 11.3 Å². The number of nitrogens with zero attached hydrogens (tertiary/aromatic N) is 2. The monoisotopic (exact) mass is 206 g/mol. The van der Waals surface area contributed by atoms with E-state index < -0.39 is 0 Å². The number of hydrogen-bond donors (Lipinski definition) is 1. The molecule has 0 aliphatic heterocycles. The van der Waals surface area contributed by atoms with Gasteiger partial charge in [-0.25, -0.2) is 9.37 Å². The van der Waals surface area contributed by atoms with Crippen molar-refractivity contribution in [1.82, 2.24) is 9.55 Å². The van der Waals surface area contributed by atoms with Crippen molar-refractivity contribution in [2.75, 3.05) is 0 Å². The number of aromatic nitrogens is 2. The largest absolute Gasteiger partial charge is 0.390 e. The van der Waals surface area contributed by atoms with E-state index in [1.807, 2.05) is 7.05 Å². The minimum Gasteiger partial charge on any atom is -0.390 e. The highest BCUT2D eigenvalue weighted by molar-refractivity contribution is 5.61. The van der Waals surface area contributed by atoms with Crippen LogP contribution in [0.3, 0.4) is 0 Å². The maximum Gasteiger partial charge on any atom is 0.123 e. The van der Waals surface area contributed by atoms with Crippen LogP contribution in [0.4, 0.5) is 4.39 Å². The van der Waals surface area contributed by atoms with Crippen molar-refractivity contribution in [3.05, 3.63) is 42.1 Å². The van der Waals surface area contributed by atoms with Crippen LogP contribution in [0.2, 0.25) is 0 Å². The second-order valence-electron chi connectivity index (χ2n) is 3.32. The van der Waals surface area contributed by atoms with Crippen molar-refractivity contribution in [1.29, 1.82) is 0 Å². The van der Waals surface area contributed by atoms with E-state index in [0.717, 1.165) is 11.3 Å². The number of rotatable bonds is 2. The Morgan fingerprint density at radius 1 is 1.33 bits per heavy atom. The van der Waals surface area contributed by atoms with Gasteiger partial charge in [0.1, 0.15) is 5.82 Å². The SMILES string of the molecule is Cn1cnc(-c2ccc(F)cc2)c1CO. The molecule has 0 aliphatic rings. The first-order valence-electron chi connectivity index (χ1n) is 4.59. The van der Waals surface area contributed by atoms with Crippen molar-refractivity contribution >= 4 is 0 Å². The zero-order chi connectivity index (χ0) is 10.8. The van der Waals surface area contributed by atoms with Crippen LogP contribution < -0.4 is 0 Å². The van der Waals surface area contributed by atoms with Crippen LogP contribution in [0.15, 0.2) is 30.6 Å². The van der Waals surface area contributed by atoms with Crippen molar-refractivity contribution in [2.24, 2.45) is 7.05 Å². The Balaban J connectivity index is 2.49. The van der Waals surface area contributed by atoms with Gasteiger partial charge in [-0.05, 0) is 24.3 Å². The molecule has 78 valence electrons. The molecule has 1 heterocycles. The Morgan fingerprint density at radius 2 is 2.00 bits per heavy atom. The summed E-state index contributed by atoms with van der Waals surface area (Å²) in [6, 6.07) is 6.06. The van der Waals surface area contributed by atoms with Crippen molar-refractivity contribution in [3.63, 3.8) is 0 Å². The third-order valence-corrected chi connectivity index (χ3v) is 2.33. The Bertz CT molecular complexity index is 462. The van der Waals surface area contributed by atoms with Crippen LogP contribution in [0.1, 0.15) is 5.69 Å². The summed E-state index contributed by atoms with van der Waals surface area (Å²) in [5.74, 6) is -0.278. The Kier molecular flexibility index (Phi) is 2.51. The van der Waals surface area contributed by atoms with Crippen LogP contribution in [0.25, 0.3) is 11.3 Å². The van der Waals surface area contributed by atoms with Gasteiger partial charge in [0.2, 0.25) is 0 Å². The number of benzene rings is 1. The molecule has 0 bridgehead atoms. The molecule has 0 atom stereocenters. The lowest BCUT2D eigenvalue weighted by Gasteiger charge is -2.02. The van der Waals surface area contributed by atoms with Crippen LogP contribution in [0, 0.1) is 5.82 Å².